The zero-order valence-electron chi connectivity index (χ0n) is 10.2. The molecule has 0 unspecified atom stereocenters. The highest BCUT2D eigenvalue weighted by molar-refractivity contribution is 5.84. The first-order chi connectivity index (χ1) is 9.40. The highest BCUT2D eigenvalue weighted by atomic mass is 15.2. The Morgan fingerprint density at radius 1 is 0.895 bits per heavy atom. The Balaban J connectivity index is 1.85. The zero-order chi connectivity index (χ0) is 12.7. The van der Waals surface area contributed by atoms with Gasteiger partial charge in [-0.25, -0.2) is 4.98 Å². The summed E-state index contributed by atoms with van der Waals surface area (Å²) in [7, 11) is 0. The summed E-state index contributed by atoms with van der Waals surface area (Å²) in [6, 6.07) is 12.4. The van der Waals surface area contributed by atoms with Gasteiger partial charge in [-0.15, -0.1) is 0 Å². The average Bonchev–Trinajstić information content (AvgIpc) is 2.94. The summed E-state index contributed by atoms with van der Waals surface area (Å²) < 4.78 is 0. The molecule has 0 aliphatic carbocycles. The van der Waals surface area contributed by atoms with E-state index in [0.29, 0.717) is 0 Å². The fourth-order valence-electron chi connectivity index (χ4n) is 2.35. The first kappa shape index (κ1) is 10.3. The maximum atomic E-state index is 4.49. The standard InChI is InChI=1S/C15H12N4/c1-2-4-13-10(3-1)5-11(7-16-13)12-6-14-15(17-8-12)19-9-18-14/h1-8,18H,9H2,(H,17,19). The van der Waals surface area contributed by atoms with Crippen LogP contribution in [0.4, 0.5) is 11.5 Å². The molecule has 2 aromatic heterocycles. The van der Waals surface area contributed by atoms with E-state index in [2.05, 4.69) is 38.8 Å². The number of para-hydroxylation sites is 1. The van der Waals surface area contributed by atoms with Gasteiger partial charge in [0.05, 0.1) is 17.9 Å². The first-order valence-corrected chi connectivity index (χ1v) is 6.23. The van der Waals surface area contributed by atoms with Crippen LogP contribution in [0.1, 0.15) is 0 Å². The molecule has 0 fully saturated rings. The molecule has 3 aromatic rings. The number of benzene rings is 1. The Hall–Kier alpha value is -2.62. The number of nitrogens with one attached hydrogen (secondary N) is 2. The first-order valence-electron chi connectivity index (χ1n) is 6.23. The van der Waals surface area contributed by atoms with Crippen molar-refractivity contribution in [2.45, 2.75) is 0 Å². The molecule has 0 saturated heterocycles. The van der Waals surface area contributed by atoms with Gasteiger partial charge in [-0.2, -0.15) is 0 Å². The van der Waals surface area contributed by atoms with Gasteiger partial charge in [0.2, 0.25) is 0 Å². The molecule has 1 aromatic carbocycles. The van der Waals surface area contributed by atoms with Crippen LogP contribution in [0.25, 0.3) is 22.0 Å². The molecule has 4 heteroatoms. The smallest absolute Gasteiger partial charge is 0.150 e. The number of hydrogen-bond acceptors (Lipinski definition) is 4. The molecule has 19 heavy (non-hydrogen) atoms. The maximum absolute atomic E-state index is 4.49. The molecule has 4 nitrogen and oxygen atoms in total. The maximum Gasteiger partial charge on any atom is 0.150 e. The number of nitrogens with zero attached hydrogens (tertiary/aromatic N) is 2. The predicted molar refractivity (Wildman–Crippen MR) is 77.1 cm³/mol. The van der Waals surface area contributed by atoms with Gasteiger partial charge in [0.15, 0.2) is 5.82 Å². The molecule has 4 rings (SSSR count). The minimum atomic E-state index is 0.738. The van der Waals surface area contributed by atoms with E-state index in [1.807, 2.05) is 30.6 Å². The van der Waals surface area contributed by atoms with Crippen LogP contribution in [0.15, 0.2) is 48.8 Å². The largest absolute Gasteiger partial charge is 0.365 e. The number of pyridine rings is 2. The Bertz CT molecular complexity index is 767. The molecule has 1 aliphatic rings. The van der Waals surface area contributed by atoms with E-state index < -0.39 is 0 Å². The fraction of sp³-hybridized carbons (Fsp3) is 0.0667. The second-order valence-corrected chi connectivity index (χ2v) is 4.57. The Morgan fingerprint density at radius 3 is 2.74 bits per heavy atom. The minimum absolute atomic E-state index is 0.738. The molecule has 2 N–H and O–H groups in total. The third kappa shape index (κ3) is 1.69. The van der Waals surface area contributed by atoms with Crippen LogP contribution >= 0.6 is 0 Å². The highest BCUT2D eigenvalue weighted by Gasteiger charge is 2.11. The summed E-state index contributed by atoms with van der Waals surface area (Å²) in [5.41, 5.74) is 4.22. The normalized spacial score (nSPS) is 12.8. The summed E-state index contributed by atoms with van der Waals surface area (Å²) in [6.07, 6.45) is 3.78. The summed E-state index contributed by atoms with van der Waals surface area (Å²) in [4.78, 5) is 8.90. The number of aromatic nitrogens is 2. The SMILES string of the molecule is c1ccc2ncc(-c3cnc4c(c3)NCN4)cc2c1. The summed E-state index contributed by atoms with van der Waals surface area (Å²) in [6.45, 7) is 0.738. The molecule has 3 heterocycles. The van der Waals surface area contributed by atoms with Crippen LogP contribution in [0.2, 0.25) is 0 Å². The minimum Gasteiger partial charge on any atom is -0.365 e. The van der Waals surface area contributed by atoms with Crippen molar-refractivity contribution < 1.29 is 0 Å². The zero-order valence-corrected chi connectivity index (χ0v) is 10.2. The van der Waals surface area contributed by atoms with Gasteiger partial charge >= 0.3 is 0 Å². The molecular formula is C15H12N4. The molecule has 92 valence electrons. The van der Waals surface area contributed by atoms with Crippen molar-refractivity contribution in [3.8, 4) is 11.1 Å². The van der Waals surface area contributed by atoms with Crippen LogP contribution in [-0.4, -0.2) is 16.6 Å². The quantitative estimate of drug-likeness (QED) is 0.694. The van der Waals surface area contributed by atoms with Crippen molar-refractivity contribution in [1.82, 2.24) is 9.97 Å². The monoisotopic (exact) mass is 248 g/mol. The molecule has 0 amide bonds. The summed E-state index contributed by atoms with van der Waals surface area (Å²) in [5, 5.41) is 7.57. The lowest BCUT2D eigenvalue weighted by molar-refractivity contribution is 1.27. The predicted octanol–water partition coefficient (Wildman–Crippen LogP) is 3.09. The van der Waals surface area contributed by atoms with Crippen molar-refractivity contribution in [3.05, 3.63) is 48.8 Å². The van der Waals surface area contributed by atoms with Crippen LogP contribution in [0.3, 0.4) is 0 Å². The van der Waals surface area contributed by atoms with E-state index in [0.717, 1.165) is 40.2 Å². The third-order valence-electron chi connectivity index (χ3n) is 3.35. The van der Waals surface area contributed by atoms with Crippen LogP contribution in [0, 0.1) is 0 Å². The van der Waals surface area contributed by atoms with E-state index in [1.54, 1.807) is 0 Å². The van der Waals surface area contributed by atoms with E-state index in [9.17, 15) is 0 Å². The lowest BCUT2D eigenvalue weighted by atomic mass is 10.1. The van der Waals surface area contributed by atoms with Gasteiger partial charge < -0.3 is 10.6 Å². The second kappa shape index (κ2) is 3.95. The Kier molecular flexibility index (Phi) is 2.14. The average molecular weight is 248 g/mol. The number of hydrogen-bond donors (Lipinski definition) is 2. The van der Waals surface area contributed by atoms with Gasteiger partial charge in [-0.3, -0.25) is 4.98 Å². The van der Waals surface area contributed by atoms with E-state index in [-0.39, 0.29) is 0 Å². The van der Waals surface area contributed by atoms with E-state index in [1.165, 1.54) is 0 Å². The number of rotatable bonds is 1. The van der Waals surface area contributed by atoms with Crippen LogP contribution in [0.5, 0.6) is 0 Å². The second-order valence-electron chi connectivity index (χ2n) is 4.57. The van der Waals surface area contributed by atoms with Crippen molar-refractivity contribution in [3.63, 3.8) is 0 Å². The van der Waals surface area contributed by atoms with Crippen LogP contribution < -0.4 is 10.6 Å². The molecule has 0 radical (unpaired) electrons. The molecule has 0 bridgehead atoms. The topological polar surface area (TPSA) is 49.8 Å². The van der Waals surface area contributed by atoms with Crippen molar-refractivity contribution in [2.24, 2.45) is 0 Å². The summed E-state index contributed by atoms with van der Waals surface area (Å²) in [5.74, 6) is 0.914. The van der Waals surface area contributed by atoms with Gasteiger partial charge in [-0.05, 0) is 18.2 Å². The number of anilines is 2. The molecule has 0 spiro atoms. The van der Waals surface area contributed by atoms with Crippen LogP contribution in [-0.2, 0) is 0 Å². The van der Waals surface area contributed by atoms with E-state index in [4.69, 9.17) is 0 Å². The molecule has 1 aliphatic heterocycles. The van der Waals surface area contributed by atoms with Gasteiger partial charge in [0, 0.05) is 28.9 Å². The van der Waals surface area contributed by atoms with Gasteiger partial charge in [0.25, 0.3) is 0 Å². The molecule has 0 atom stereocenters. The molecule has 0 saturated carbocycles. The van der Waals surface area contributed by atoms with E-state index >= 15 is 0 Å². The third-order valence-corrected chi connectivity index (χ3v) is 3.35. The molecular weight excluding hydrogens is 236 g/mol. The van der Waals surface area contributed by atoms with Gasteiger partial charge in [0.1, 0.15) is 0 Å². The Labute approximate surface area is 110 Å². The van der Waals surface area contributed by atoms with Crippen molar-refractivity contribution in [1.29, 1.82) is 0 Å². The Morgan fingerprint density at radius 2 is 1.74 bits per heavy atom. The summed E-state index contributed by atoms with van der Waals surface area (Å²) >= 11 is 0. The lowest BCUT2D eigenvalue weighted by Crippen LogP contribution is -1.99. The van der Waals surface area contributed by atoms with Gasteiger partial charge in [-0.1, -0.05) is 18.2 Å². The highest BCUT2D eigenvalue weighted by Crippen LogP contribution is 2.29. The lowest BCUT2D eigenvalue weighted by Gasteiger charge is -2.05. The fourth-order valence-corrected chi connectivity index (χ4v) is 2.35. The number of fused-ring (bicyclic) bond motifs is 2. The van der Waals surface area contributed by atoms with Crippen molar-refractivity contribution in [2.75, 3.05) is 17.3 Å². The van der Waals surface area contributed by atoms with Crippen molar-refractivity contribution >= 4 is 22.4 Å².